The number of hydrogen-bond donors (Lipinski definition) is 2. The molecule has 0 radical (unpaired) electrons. The molecule has 0 saturated carbocycles. The molecule has 142 valence electrons. The third-order valence-corrected chi connectivity index (χ3v) is 4.90. The molecule has 1 atom stereocenters. The van der Waals surface area contributed by atoms with Crippen LogP contribution in [0.1, 0.15) is 23.3 Å². The van der Waals surface area contributed by atoms with Gasteiger partial charge in [-0.25, -0.2) is 4.98 Å². The summed E-state index contributed by atoms with van der Waals surface area (Å²) in [5.74, 6) is -0.256. The van der Waals surface area contributed by atoms with Crippen LogP contribution in [0.5, 0.6) is 0 Å². The number of carbonyl (C=O) groups excluding carboxylic acids is 1. The summed E-state index contributed by atoms with van der Waals surface area (Å²) in [6, 6.07) is 17.3. The maximum absolute atomic E-state index is 12.9. The van der Waals surface area contributed by atoms with Gasteiger partial charge in [-0.2, -0.15) is 0 Å². The standard InChI is InChI=1S/C22H23N5O/c23-17-8-5-13-27(15-17)21-11-12-24-14-20(21)26-22(28)19-10-4-9-18(25-19)16-6-2-1-3-7-16/h1-4,6-7,9-12,14,17H,5,8,13,15,23H2,(H,26,28)/t17-/m0/s1. The van der Waals surface area contributed by atoms with E-state index in [9.17, 15) is 4.79 Å². The molecule has 1 fully saturated rings. The fraction of sp³-hybridized carbons (Fsp3) is 0.227. The summed E-state index contributed by atoms with van der Waals surface area (Å²) in [7, 11) is 0. The van der Waals surface area contributed by atoms with E-state index in [1.807, 2.05) is 48.5 Å². The van der Waals surface area contributed by atoms with E-state index in [4.69, 9.17) is 5.73 Å². The topological polar surface area (TPSA) is 84.1 Å². The third-order valence-electron chi connectivity index (χ3n) is 4.90. The minimum absolute atomic E-state index is 0.148. The summed E-state index contributed by atoms with van der Waals surface area (Å²) in [4.78, 5) is 23.8. The Labute approximate surface area is 164 Å². The largest absolute Gasteiger partial charge is 0.368 e. The first-order valence-electron chi connectivity index (χ1n) is 9.49. The highest BCUT2D eigenvalue weighted by Crippen LogP contribution is 2.27. The van der Waals surface area contributed by atoms with E-state index in [1.165, 1.54) is 0 Å². The van der Waals surface area contributed by atoms with Gasteiger partial charge in [-0.05, 0) is 31.0 Å². The van der Waals surface area contributed by atoms with Crippen molar-refractivity contribution in [2.75, 3.05) is 23.3 Å². The van der Waals surface area contributed by atoms with E-state index in [0.717, 1.165) is 42.9 Å². The van der Waals surface area contributed by atoms with Crippen LogP contribution in [-0.2, 0) is 0 Å². The van der Waals surface area contributed by atoms with E-state index in [1.54, 1.807) is 18.5 Å². The van der Waals surface area contributed by atoms with Crippen LogP contribution in [0, 0.1) is 0 Å². The first-order chi connectivity index (χ1) is 13.7. The van der Waals surface area contributed by atoms with E-state index >= 15 is 0 Å². The van der Waals surface area contributed by atoms with Gasteiger partial charge in [0.05, 0.1) is 23.3 Å². The smallest absolute Gasteiger partial charge is 0.274 e. The summed E-state index contributed by atoms with van der Waals surface area (Å²) in [5, 5.41) is 2.97. The minimum atomic E-state index is -0.256. The molecule has 0 bridgehead atoms. The van der Waals surface area contributed by atoms with Crippen molar-refractivity contribution in [2.24, 2.45) is 5.73 Å². The Bertz CT molecular complexity index is 960. The molecule has 0 spiro atoms. The second kappa shape index (κ2) is 8.19. The molecule has 3 heterocycles. The van der Waals surface area contributed by atoms with Gasteiger partial charge >= 0.3 is 0 Å². The van der Waals surface area contributed by atoms with Crippen molar-refractivity contribution in [3.8, 4) is 11.3 Å². The maximum Gasteiger partial charge on any atom is 0.274 e. The number of nitrogens with one attached hydrogen (secondary N) is 1. The molecule has 28 heavy (non-hydrogen) atoms. The fourth-order valence-electron chi connectivity index (χ4n) is 3.51. The van der Waals surface area contributed by atoms with Crippen molar-refractivity contribution in [3.63, 3.8) is 0 Å². The molecule has 1 aliphatic rings. The van der Waals surface area contributed by atoms with Gasteiger partial charge in [0.15, 0.2) is 0 Å². The Kier molecular flexibility index (Phi) is 5.30. The highest BCUT2D eigenvalue weighted by Gasteiger charge is 2.20. The lowest BCUT2D eigenvalue weighted by atomic mass is 10.1. The number of hydrogen-bond acceptors (Lipinski definition) is 5. The minimum Gasteiger partial charge on any atom is -0.368 e. The highest BCUT2D eigenvalue weighted by atomic mass is 16.1. The number of pyridine rings is 2. The molecule has 2 aromatic heterocycles. The second-order valence-corrected chi connectivity index (χ2v) is 6.97. The molecule has 3 aromatic rings. The normalized spacial score (nSPS) is 16.6. The van der Waals surface area contributed by atoms with Gasteiger partial charge in [-0.3, -0.25) is 9.78 Å². The maximum atomic E-state index is 12.9. The average Bonchev–Trinajstić information content (AvgIpc) is 2.75. The van der Waals surface area contributed by atoms with Gasteiger partial charge in [0.25, 0.3) is 5.91 Å². The molecular formula is C22H23N5O. The lowest BCUT2D eigenvalue weighted by Gasteiger charge is -2.33. The molecule has 1 saturated heterocycles. The average molecular weight is 373 g/mol. The summed E-state index contributed by atoms with van der Waals surface area (Å²) < 4.78 is 0. The second-order valence-electron chi connectivity index (χ2n) is 6.97. The zero-order valence-electron chi connectivity index (χ0n) is 15.6. The number of amides is 1. The van der Waals surface area contributed by atoms with Crippen LogP contribution in [0.3, 0.4) is 0 Å². The number of anilines is 2. The highest BCUT2D eigenvalue weighted by molar-refractivity contribution is 6.04. The Morgan fingerprint density at radius 1 is 1.11 bits per heavy atom. The number of nitrogens with two attached hydrogens (primary N) is 1. The fourth-order valence-corrected chi connectivity index (χ4v) is 3.51. The Balaban J connectivity index is 1.56. The molecule has 6 heteroatoms. The summed E-state index contributed by atoms with van der Waals surface area (Å²) in [5.41, 5.74) is 9.85. The lowest BCUT2D eigenvalue weighted by Crippen LogP contribution is -2.43. The van der Waals surface area contributed by atoms with Gasteiger partial charge in [-0.1, -0.05) is 36.4 Å². The van der Waals surface area contributed by atoms with Crippen LogP contribution in [0.2, 0.25) is 0 Å². The zero-order chi connectivity index (χ0) is 19.3. The number of nitrogens with zero attached hydrogens (tertiary/aromatic N) is 3. The molecule has 6 nitrogen and oxygen atoms in total. The van der Waals surface area contributed by atoms with Crippen LogP contribution < -0.4 is 16.0 Å². The predicted octanol–water partition coefficient (Wildman–Crippen LogP) is 3.32. The van der Waals surface area contributed by atoms with Crippen LogP contribution in [-0.4, -0.2) is 35.0 Å². The first-order valence-corrected chi connectivity index (χ1v) is 9.49. The van der Waals surface area contributed by atoms with Crippen LogP contribution in [0.15, 0.2) is 67.0 Å². The Morgan fingerprint density at radius 2 is 1.96 bits per heavy atom. The van der Waals surface area contributed by atoms with Crippen molar-refractivity contribution in [2.45, 2.75) is 18.9 Å². The van der Waals surface area contributed by atoms with E-state index in [2.05, 4.69) is 20.2 Å². The molecule has 4 rings (SSSR count). The summed E-state index contributed by atoms with van der Waals surface area (Å²) in [6.07, 6.45) is 5.48. The Hall–Kier alpha value is -3.25. The molecule has 1 amide bonds. The number of rotatable bonds is 4. The summed E-state index contributed by atoms with van der Waals surface area (Å²) >= 11 is 0. The monoisotopic (exact) mass is 373 g/mol. The van der Waals surface area contributed by atoms with Crippen molar-refractivity contribution in [1.82, 2.24) is 9.97 Å². The van der Waals surface area contributed by atoms with Crippen molar-refractivity contribution < 1.29 is 4.79 Å². The Morgan fingerprint density at radius 3 is 2.79 bits per heavy atom. The van der Waals surface area contributed by atoms with Gasteiger partial charge in [0.2, 0.25) is 0 Å². The molecule has 3 N–H and O–H groups in total. The van der Waals surface area contributed by atoms with E-state index in [-0.39, 0.29) is 11.9 Å². The van der Waals surface area contributed by atoms with Gasteiger partial charge < -0.3 is 16.0 Å². The quantitative estimate of drug-likeness (QED) is 0.733. The van der Waals surface area contributed by atoms with Gasteiger partial charge in [0, 0.05) is 30.9 Å². The molecular weight excluding hydrogens is 350 g/mol. The third kappa shape index (κ3) is 4.02. The molecule has 1 aliphatic heterocycles. The number of aromatic nitrogens is 2. The van der Waals surface area contributed by atoms with Crippen LogP contribution >= 0.6 is 0 Å². The summed E-state index contributed by atoms with van der Waals surface area (Å²) in [6.45, 7) is 1.69. The van der Waals surface area contributed by atoms with Crippen molar-refractivity contribution >= 4 is 17.3 Å². The van der Waals surface area contributed by atoms with E-state index < -0.39 is 0 Å². The lowest BCUT2D eigenvalue weighted by molar-refractivity contribution is 0.102. The van der Waals surface area contributed by atoms with Crippen molar-refractivity contribution in [1.29, 1.82) is 0 Å². The van der Waals surface area contributed by atoms with Crippen LogP contribution in [0.25, 0.3) is 11.3 Å². The van der Waals surface area contributed by atoms with Crippen LogP contribution in [0.4, 0.5) is 11.4 Å². The molecule has 0 unspecified atom stereocenters. The number of piperidine rings is 1. The zero-order valence-corrected chi connectivity index (χ0v) is 15.6. The number of benzene rings is 1. The van der Waals surface area contributed by atoms with E-state index in [0.29, 0.717) is 11.4 Å². The molecule has 1 aromatic carbocycles. The first kappa shape index (κ1) is 18.1. The van der Waals surface area contributed by atoms with Gasteiger partial charge in [0.1, 0.15) is 5.69 Å². The van der Waals surface area contributed by atoms with Gasteiger partial charge in [-0.15, -0.1) is 0 Å². The van der Waals surface area contributed by atoms with Crippen molar-refractivity contribution in [3.05, 3.63) is 72.7 Å². The predicted molar refractivity (Wildman–Crippen MR) is 111 cm³/mol. The number of carbonyl (C=O) groups is 1. The molecule has 0 aliphatic carbocycles. The SMILES string of the molecule is N[C@H]1CCCN(c2ccncc2NC(=O)c2cccc(-c3ccccc3)n2)C1.